The van der Waals surface area contributed by atoms with Crippen molar-refractivity contribution in [2.75, 3.05) is 54.6 Å². The maximum atomic E-state index is 13.0. The van der Waals surface area contributed by atoms with Crippen molar-refractivity contribution in [1.82, 2.24) is 15.1 Å². The number of nitrogens with zero attached hydrogens (tertiary/aromatic N) is 2. The normalized spacial score (nSPS) is 19.8. The predicted molar refractivity (Wildman–Crippen MR) is 108 cm³/mol. The number of nitrogens with one attached hydrogen (secondary N) is 1. The number of amides is 2. The van der Waals surface area contributed by atoms with E-state index < -0.39 is 0 Å². The van der Waals surface area contributed by atoms with Crippen molar-refractivity contribution < 1.29 is 19.1 Å². The van der Waals surface area contributed by atoms with Crippen LogP contribution in [0.1, 0.15) is 30.9 Å². The molecule has 0 bridgehead atoms. The highest BCUT2D eigenvalue weighted by Gasteiger charge is 2.41. The van der Waals surface area contributed by atoms with E-state index in [4.69, 9.17) is 9.47 Å². The zero-order valence-corrected chi connectivity index (χ0v) is 17.4. The van der Waals surface area contributed by atoms with Gasteiger partial charge in [0.25, 0.3) is 0 Å². The van der Waals surface area contributed by atoms with Crippen molar-refractivity contribution >= 4 is 11.8 Å². The third-order valence-corrected chi connectivity index (χ3v) is 5.12. The summed E-state index contributed by atoms with van der Waals surface area (Å²) in [5.41, 5.74) is 0.864. The Kier molecular flexibility index (Phi) is 8.73. The molecular formula is C21H33N3O4. The fourth-order valence-corrected chi connectivity index (χ4v) is 3.71. The van der Waals surface area contributed by atoms with Gasteiger partial charge in [-0.15, -0.1) is 0 Å². The molecule has 1 N–H and O–H groups in total. The fraction of sp³-hybridized carbons (Fsp3) is 0.619. The van der Waals surface area contributed by atoms with E-state index in [1.54, 1.807) is 19.1 Å². The summed E-state index contributed by atoms with van der Waals surface area (Å²) in [6, 6.07) is 7.25. The van der Waals surface area contributed by atoms with Gasteiger partial charge >= 0.3 is 0 Å². The monoisotopic (exact) mass is 391 g/mol. The minimum Gasteiger partial charge on any atom is -0.496 e. The van der Waals surface area contributed by atoms with Crippen LogP contribution in [0.5, 0.6) is 5.75 Å². The van der Waals surface area contributed by atoms with Gasteiger partial charge < -0.3 is 24.6 Å². The quantitative estimate of drug-likeness (QED) is 0.615. The Morgan fingerprint density at radius 2 is 2.04 bits per heavy atom. The van der Waals surface area contributed by atoms with Crippen molar-refractivity contribution in [2.24, 2.45) is 5.92 Å². The minimum atomic E-state index is -0.360. The topological polar surface area (TPSA) is 71.1 Å². The molecule has 2 amide bonds. The first-order valence-electron chi connectivity index (χ1n) is 9.83. The molecule has 1 saturated heterocycles. The van der Waals surface area contributed by atoms with Crippen molar-refractivity contribution in [1.29, 1.82) is 0 Å². The molecule has 0 saturated carbocycles. The van der Waals surface area contributed by atoms with Crippen molar-refractivity contribution in [2.45, 2.75) is 25.3 Å². The number of rotatable bonds is 10. The number of piperidine rings is 1. The van der Waals surface area contributed by atoms with Gasteiger partial charge in [-0.1, -0.05) is 18.2 Å². The highest BCUT2D eigenvalue weighted by Crippen LogP contribution is 2.40. The predicted octanol–water partition coefficient (Wildman–Crippen LogP) is 1.69. The van der Waals surface area contributed by atoms with Gasteiger partial charge in [-0.05, 0) is 39.5 Å². The summed E-state index contributed by atoms with van der Waals surface area (Å²) in [7, 11) is 7.25. The van der Waals surface area contributed by atoms with Crippen LogP contribution in [0.15, 0.2) is 24.3 Å². The van der Waals surface area contributed by atoms with E-state index in [-0.39, 0.29) is 23.8 Å². The van der Waals surface area contributed by atoms with E-state index in [0.29, 0.717) is 38.3 Å². The second kappa shape index (κ2) is 11.0. The van der Waals surface area contributed by atoms with E-state index >= 15 is 0 Å². The maximum absolute atomic E-state index is 13.0. The Morgan fingerprint density at radius 3 is 2.71 bits per heavy atom. The van der Waals surface area contributed by atoms with E-state index in [9.17, 15) is 9.59 Å². The smallest absolute Gasteiger partial charge is 0.225 e. The van der Waals surface area contributed by atoms with E-state index in [2.05, 4.69) is 10.2 Å². The van der Waals surface area contributed by atoms with Crippen LogP contribution >= 0.6 is 0 Å². The van der Waals surface area contributed by atoms with Gasteiger partial charge in [0.15, 0.2) is 0 Å². The summed E-state index contributed by atoms with van der Waals surface area (Å²) >= 11 is 0. The second-order valence-corrected chi connectivity index (χ2v) is 7.36. The van der Waals surface area contributed by atoms with Gasteiger partial charge in [0, 0.05) is 32.2 Å². The lowest BCUT2D eigenvalue weighted by molar-refractivity contribution is -0.144. The van der Waals surface area contributed by atoms with Crippen LogP contribution in [0.2, 0.25) is 0 Å². The molecule has 28 heavy (non-hydrogen) atoms. The van der Waals surface area contributed by atoms with Crippen molar-refractivity contribution in [3.05, 3.63) is 29.8 Å². The van der Waals surface area contributed by atoms with E-state index in [1.807, 2.05) is 38.4 Å². The molecule has 2 atom stereocenters. The highest BCUT2D eigenvalue weighted by atomic mass is 16.5. The van der Waals surface area contributed by atoms with Crippen LogP contribution in [0.3, 0.4) is 0 Å². The summed E-state index contributed by atoms with van der Waals surface area (Å²) in [6.07, 6.45) is 1.78. The van der Waals surface area contributed by atoms with Gasteiger partial charge in [0.05, 0.1) is 25.7 Å². The third kappa shape index (κ3) is 5.69. The lowest BCUT2D eigenvalue weighted by atomic mass is 9.83. The summed E-state index contributed by atoms with van der Waals surface area (Å²) in [4.78, 5) is 29.6. The first-order chi connectivity index (χ1) is 13.5. The summed E-state index contributed by atoms with van der Waals surface area (Å²) in [5, 5.41) is 3.06. The number of hydrogen-bond donors (Lipinski definition) is 1. The van der Waals surface area contributed by atoms with Crippen molar-refractivity contribution in [3.63, 3.8) is 0 Å². The minimum absolute atomic E-state index is 0.00965. The standard InChI is InChI=1S/C21H33N3O4/c1-23(2)13-7-12-22-21(26)17-10-11-19(25)24(14-15-27-3)20(17)16-8-5-6-9-18(16)28-4/h5-6,8-9,17,20H,7,10-15H2,1-4H3,(H,22,26)/t17-,20+/m1/s1. The lowest BCUT2D eigenvalue weighted by Crippen LogP contribution is -2.49. The van der Waals surface area contributed by atoms with Crippen LogP contribution in [0.4, 0.5) is 0 Å². The molecule has 1 heterocycles. The molecule has 1 aromatic carbocycles. The van der Waals surface area contributed by atoms with Gasteiger partial charge in [0.1, 0.15) is 5.75 Å². The molecule has 7 nitrogen and oxygen atoms in total. The number of ether oxygens (including phenoxy) is 2. The number of carbonyl (C=O) groups excluding carboxylic acids is 2. The number of likely N-dealkylation sites (tertiary alicyclic amines) is 1. The molecule has 1 fully saturated rings. The second-order valence-electron chi connectivity index (χ2n) is 7.36. The van der Waals surface area contributed by atoms with Crippen LogP contribution in [-0.4, -0.2) is 76.2 Å². The van der Waals surface area contributed by atoms with Crippen LogP contribution < -0.4 is 10.1 Å². The third-order valence-electron chi connectivity index (χ3n) is 5.12. The Labute approximate surface area is 168 Å². The molecule has 7 heteroatoms. The number of benzene rings is 1. The molecule has 1 aliphatic heterocycles. The lowest BCUT2D eigenvalue weighted by Gasteiger charge is -2.41. The molecule has 0 spiro atoms. The first kappa shape index (κ1) is 22.2. The molecule has 0 unspecified atom stereocenters. The fourth-order valence-electron chi connectivity index (χ4n) is 3.71. The maximum Gasteiger partial charge on any atom is 0.225 e. The van der Waals surface area contributed by atoms with Gasteiger partial charge in [-0.25, -0.2) is 0 Å². The SMILES string of the molecule is COCCN1C(=O)CC[C@@H](C(=O)NCCCN(C)C)[C@@H]1c1ccccc1OC. The number of methoxy groups -OCH3 is 2. The molecule has 2 rings (SSSR count). The first-order valence-corrected chi connectivity index (χ1v) is 9.83. The molecule has 0 aliphatic carbocycles. The number of hydrogen-bond acceptors (Lipinski definition) is 5. The molecule has 1 aliphatic rings. The molecule has 1 aromatic rings. The highest BCUT2D eigenvalue weighted by molar-refractivity contribution is 5.85. The average molecular weight is 392 g/mol. The number of carbonyl (C=O) groups is 2. The Morgan fingerprint density at radius 1 is 1.29 bits per heavy atom. The average Bonchev–Trinajstić information content (AvgIpc) is 2.69. The van der Waals surface area contributed by atoms with E-state index in [1.165, 1.54) is 0 Å². The summed E-state index contributed by atoms with van der Waals surface area (Å²) < 4.78 is 10.7. The molecule has 156 valence electrons. The van der Waals surface area contributed by atoms with Crippen LogP contribution in [0, 0.1) is 5.92 Å². The largest absolute Gasteiger partial charge is 0.496 e. The van der Waals surface area contributed by atoms with Gasteiger partial charge in [-0.2, -0.15) is 0 Å². The molecule has 0 aromatic heterocycles. The molecule has 0 radical (unpaired) electrons. The zero-order chi connectivity index (χ0) is 20.5. The van der Waals surface area contributed by atoms with E-state index in [0.717, 1.165) is 18.5 Å². The van der Waals surface area contributed by atoms with Crippen molar-refractivity contribution in [3.8, 4) is 5.75 Å². The molecular weight excluding hydrogens is 358 g/mol. The van der Waals surface area contributed by atoms with Crippen LogP contribution in [-0.2, 0) is 14.3 Å². The Hall–Kier alpha value is -2.12. The Balaban J connectivity index is 2.25. The summed E-state index contributed by atoms with van der Waals surface area (Å²) in [5.74, 6) is 0.412. The number of para-hydroxylation sites is 1. The Bertz CT molecular complexity index is 650. The van der Waals surface area contributed by atoms with Gasteiger partial charge in [0.2, 0.25) is 11.8 Å². The van der Waals surface area contributed by atoms with Crippen LogP contribution in [0.25, 0.3) is 0 Å². The van der Waals surface area contributed by atoms with Gasteiger partial charge in [-0.3, -0.25) is 9.59 Å². The zero-order valence-electron chi connectivity index (χ0n) is 17.4. The summed E-state index contributed by atoms with van der Waals surface area (Å²) in [6.45, 7) is 2.41.